The van der Waals surface area contributed by atoms with Crippen molar-refractivity contribution in [2.24, 2.45) is 5.92 Å². The molecule has 2 aromatic rings. The number of hydrogen-bond acceptors (Lipinski definition) is 1. The van der Waals surface area contributed by atoms with Crippen LogP contribution in [0.2, 0.25) is 5.15 Å². The van der Waals surface area contributed by atoms with Gasteiger partial charge in [-0.2, -0.15) is 13.2 Å². The van der Waals surface area contributed by atoms with Gasteiger partial charge in [-0.05, 0) is 37.3 Å². The third kappa shape index (κ3) is 3.29. The van der Waals surface area contributed by atoms with Crippen molar-refractivity contribution in [2.45, 2.75) is 44.2 Å². The Hall–Kier alpha value is -1.37. The van der Waals surface area contributed by atoms with E-state index in [9.17, 15) is 22.0 Å². The molecule has 2 heterocycles. The summed E-state index contributed by atoms with van der Waals surface area (Å²) in [5.74, 6) is -2.94. The maximum Gasteiger partial charge on any atom is 0.435 e. The molecule has 23 heavy (non-hydrogen) atoms. The van der Waals surface area contributed by atoms with E-state index < -0.39 is 17.8 Å². The third-order valence-electron chi connectivity index (χ3n) is 4.28. The molecule has 1 aliphatic rings. The van der Waals surface area contributed by atoms with Crippen molar-refractivity contribution in [3.05, 3.63) is 34.7 Å². The maximum atomic E-state index is 13.3. The lowest BCUT2D eigenvalue weighted by molar-refractivity contribution is -0.141. The molecule has 0 spiro atoms. The van der Waals surface area contributed by atoms with E-state index in [0.29, 0.717) is 0 Å². The molecule has 0 radical (unpaired) electrons. The van der Waals surface area contributed by atoms with Gasteiger partial charge >= 0.3 is 6.18 Å². The summed E-state index contributed by atoms with van der Waals surface area (Å²) in [6, 6.07) is 4.45. The first-order chi connectivity index (χ1) is 10.7. The second-order valence-electron chi connectivity index (χ2n) is 5.95. The minimum Gasteiger partial charge on any atom is -0.287 e. The Morgan fingerprint density at radius 2 is 1.87 bits per heavy atom. The van der Waals surface area contributed by atoms with Crippen molar-refractivity contribution in [1.29, 1.82) is 0 Å². The van der Waals surface area contributed by atoms with Crippen molar-refractivity contribution >= 4 is 17.2 Å². The van der Waals surface area contributed by atoms with Crippen molar-refractivity contribution in [1.82, 2.24) is 9.38 Å². The molecular formula is C15H14ClF5N2. The van der Waals surface area contributed by atoms with Crippen molar-refractivity contribution in [3.63, 3.8) is 0 Å². The van der Waals surface area contributed by atoms with Gasteiger partial charge in [-0.3, -0.25) is 4.40 Å². The molecule has 1 aliphatic carbocycles. The van der Waals surface area contributed by atoms with Crippen LogP contribution in [0.3, 0.4) is 0 Å². The predicted octanol–water partition coefficient (Wildman–Crippen LogP) is 5.37. The zero-order chi connectivity index (χ0) is 16.8. The summed E-state index contributed by atoms with van der Waals surface area (Å²) in [7, 11) is 0. The van der Waals surface area contributed by atoms with Crippen LogP contribution in [0.4, 0.5) is 22.0 Å². The summed E-state index contributed by atoms with van der Waals surface area (Å²) in [5.41, 5.74) is -0.919. The molecule has 126 valence electrons. The summed E-state index contributed by atoms with van der Waals surface area (Å²) in [5, 5.41) is 0.127. The van der Waals surface area contributed by atoms with Crippen molar-refractivity contribution < 1.29 is 22.0 Å². The van der Waals surface area contributed by atoms with Gasteiger partial charge in [-0.1, -0.05) is 17.7 Å². The smallest absolute Gasteiger partial charge is 0.287 e. The first-order valence-electron chi connectivity index (χ1n) is 7.28. The number of halogens is 6. The summed E-state index contributed by atoms with van der Waals surface area (Å²) in [4.78, 5) is 3.64. The quantitative estimate of drug-likeness (QED) is 0.524. The summed E-state index contributed by atoms with van der Waals surface area (Å²) < 4.78 is 67.5. The van der Waals surface area contributed by atoms with E-state index in [1.54, 1.807) is 0 Å². The number of imidazole rings is 1. The molecule has 2 nitrogen and oxygen atoms in total. The highest BCUT2D eigenvalue weighted by molar-refractivity contribution is 6.29. The fourth-order valence-electron chi connectivity index (χ4n) is 3.10. The molecule has 0 saturated heterocycles. The fourth-order valence-corrected chi connectivity index (χ4v) is 3.37. The van der Waals surface area contributed by atoms with Gasteiger partial charge in [0.25, 0.3) is 0 Å². The lowest BCUT2D eigenvalue weighted by Crippen LogP contribution is -2.26. The SMILES string of the molecule is FC1(F)CCC(Cc2c(C(F)(F)F)nc3cccc(Cl)n23)CC1. The van der Waals surface area contributed by atoms with Crippen LogP contribution < -0.4 is 0 Å². The van der Waals surface area contributed by atoms with Gasteiger partial charge in [0.1, 0.15) is 10.8 Å². The molecule has 0 aromatic carbocycles. The van der Waals surface area contributed by atoms with Gasteiger partial charge in [0, 0.05) is 12.8 Å². The van der Waals surface area contributed by atoms with Crippen molar-refractivity contribution in [2.75, 3.05) is 0 Å². The molecule has 0 bridgehead atoms. The highest BCUT2D eigenvalue weighted by Gasteiger charge is 2.40. The fraction of sp³-hybridized carbons (Fsp3) is 0.533. The van der Waals surface area contributed by atoms with E-state index >= 15 is 0 Å². The topological polar surface area (TPSA) is 17.3 Å². The molecule has 1 saturated carbocycles. The van der Waals surface area contributed by atoms with Gasteiger partial charge in [0.2, 0.25) is 5.92 Å². The zero-order valence-corrected chi connectivity index (χ0v) is 12.8. The summed E-state index contributed by atoms with van der Waals surface area (Å²) in [6.45, 7) is 0. The molecule has 0 amide bonds. The molecule has 0 atom stereocenters. The van der Waals surface area contributed by atoms with Gasteiger partial charge in [0.15, 0.2) is 5.69 Å². The Morgan fingerprint density at radius 3 is 2.48 bits per heavy atom. The van der Waals surface area contributed by atoms with Crippen LogP contribution in [0.25, 0.3) is 5.65 Å². The van der Waals surface area contributed by atoms with Crippen LogP contribution in [-0.2, 0) is 12.6 Å². The van der Waals surface area contributed by atoms with E-state index in [-0.39, 0.29) is 54.5 Å². The average molecular weight is 353 g/mol. The molecule has 1 fully saturated rings. The second kappa shape index (κ2) is 5.61. The Balaban J connectivity index is 1.99. The number of rotatable bonds is 2. The van der Waals surface area contributed by atoms with Gasteiger partial charge in [-0.25, -0.2) is 13.8 Å². The van der Waals surface area contributed by atoms with Crippen LogP contribution in [0.1, 0.15) is 37.1 Å². The van der Waals surface area contributed by atoms with E-state index in [0.717, 1.165) is 0 Å². The standard InChI is InChI=1S/C15H14ClF5N2/c16-11-2-1-3-12-22-13(15(19,20)21)10(23(11)12)8-9-4-6-14(17,18)7-5-9/h1-3,9H,4-8H2. The highest BCUT2D eigenvalue weighted by atomic mass is 35.5. The lowest BCUT2D eigenvalue weighted by atomic mass is 9.83. The lowest BCUT2D eigenvalue weighted by Gasteiger charge is -2.28. The molecule has 3 rings (SSSR count). The first kappa shape index (κ1) is 16.5. The van der Waals surface area contributed by atoms with E-state index in [2.05, 4.69) is 4.98 Å². The molecule has 0 aliphatic heterocycles. The molecule has 0 N–H and O–H groups in total. The minimum atomic E-state index is -4.61. The van der Waals surface area contributed by atoms with Gasteiger partial charge in [-0.15, -0.1) is 0 Å². The number of hydrogen-bond donors (Lipinski definition) is 0. The van der Waals surface area contributed by atoms with E-state index in [1.165, 1.54) is 22.6 Å². The maximum absolute atomic E-state index is 13.3. The van der Waals surface area contributed by atoms with Crippen LogP contribution >= 0.6 is 11.6 Å². The summed E-state index contributed by atoms with van der Waals surface area (Å²) in [6.07, 6.45) is -4.75. The van der Waals surface area contributed by atoms with Gasteiger partial charge in [0.05, 0.1) is 5.69 Å². The number of aromatic nitrogens is 2. The van der Waals surface area contributed by atoms with E-state index in [4.69, 9.17) is 11.6 Å². The Morgan fingerprint density at radius 1 is 1.22 bits per heavy atom. The highest BCUT2D eigenvalue weighted by Crippen LogP contribution is 2.40. The van der Waals surface area contributed by atoms with Crippen LogP contribution in [-0.4, -0.2) is 15.3 Å². The Bertz CT molecular complexity index is 712. The largest absolute Gasteiger partial charge is 0.435 e. The van der Waals surface area contributed by atoms with Crippen molar-refractivity contribution in [3.8, 4) is 0 Å². The monoisotopic (exact) mass is 352 g/mol. The number of alkyl halides is 5. The Labute approximate surface area is 134 Å². The first-order valence-corrected chi connectivity index (χ1v) is 7.66. The van der Waals surface area contributed by atoms with Crippen LogP contribution in [0.15, 0.2) is 18.2 Å². The zero-order valence-electron chi connectivity index (χ0n) is 12.0. The third-order valence-corrected chi connectivity index (χ3v) is 4.57. The second-order valence-corrected chi connectivity index (χ2v) is 6.34. The van der Waals surface area contributed by atoms with Gasteiger partial charge < -0.3 is 0 Å². The number of pyridine rings is 1. The summed E-state index contributed by atoms with van der Waals surface area (Å²) >= 11 is 6.02. The Kier molecular flexibility index (Phi) is 4.02. The molecule has 2 aromatic heterocycles. The van der Waals surface area contributed by atoms with Crippen LogP contribution in [0, 0.1) is 5.92 Å². The van der Waals surface area contributed by atoms with E-state index in [1.807, 2.05) is 0 Å². The minimum absolute atomic E-state index is 0.0375. The molecule has 8 heteroatoms. The number of nitrogens with zero attached hydrogens (tertiary/aromatic N) is 2. The van der Waals surface area contributed by atoms with Crippen LogP contribution in [0.5, 0.6) is 0 Å². The average Bonchev–Trinajstić information content (AvgIpc) is 2.81. The normalized spacial score (nSPS) is 19.4. The molecular weight excluding hydrogens is 339 g/mol. The number of fused-ring (bicyclic) bond motifs is 1. The molecule has 0 unspecified atom stereocenters. The predicted molar refractivity (Wildman–Crippen MR) is 75.8 cm³/mol.